The second-order valence-corrected chi connectivity index (χ2v) is 30.0. The van der Waals surface area contributed by atoms with E-state index in [1.54, 1.807) is 0 Å². The number of Topliss-reactive ketones (excluding diaryl/α,β-unsaturated/α-hetero) is 1. The van der Waals surface area contributed by atoms with Gasteiger partial charge in [-0.3, -0.25) is 24.0 Å². The predicted molar refractivity (Wildman–Crippen MR) is 290 cm³/mol. The minimum absolute atomic E-state index is 0. The Balaban J connectivity index is 0.000000204. The second kappa shape index (κ2) is 18.2. The largest absolute Gasteiger partial charge is 0.469 e. The summed E-state index contributed by atoms with van der Waals surface area (Å²) < 4.78 is 10.5. The molecule has 10 heteroatoms. The first kappa shape index (κ1) is 58.1. The quantitative estimate of drug-likeness (QED) is 0.157. The van der Waals surface area contributed by atoms with E-state index in [-0.39, 0.29) is 114 Å². The SMILES string of the molecule is C=C1CC[C@]2(C)[C@H]3C(=O)C=C4[C@@H]5C[C@@](C)(C(=O)OC)CC[C@]5(C)CC[C@@]4(C)[C@]3(C)CC[C@H]2C1(C)C.COC(=O)[C@@]1(C)CC[C@]2(C)CC[C@]3(C)C(=CC(=O)[C@@H]4[C@@]5(C)CCC(=O)C(C)(C)[C@@H]5CC[C@]43C)[C@@H]2C1.Cl.NO. The van der Waals surface area contributed by atoms with Gasteiger partial charge in [0, 0.05) is 23.7 Å². The van der Waals surface area contributed by atoms with Gasteiger partial charge in [-0.05, 0) is 208 Å². The summed E-state index contributed by atoms with van der Waals surface area (Å²) >= 11 is 0. The van der Waals surface area contributed by atoms with Crippen LogP contribution < -0.4 is 5.90 Å². The number of hydrogen-bond acceptors (Lipinski definition) is 9. The summed E-state index contributed by atoms with van der Waals surface area (Å²) in [6.45, 7) is 37.0. The molecule has 10 aliphatic carbocycles. The molecule has 0 aliphatic heterocycles. The maximum absolute atomic E-state index is 14.3. The van der Waals surface area contributed by atoms with E-state index in [0.29, 0.717) is 23.9 Å². The third-order valence-corrected chi connectivity index (χ3v) is 26.3. The van der Waals surface area contributed by atoms with E-state index in [0.717, 1.165) is 96.3 Å². The zero-order chi connectivity index (χ0) is 53.6. The van der Waals surface area contributed by atoms with Crippen molar-refractivity contribution in [3.05, 3.63) is 35.5 Å². The second-order valence-electron chi connectivity index (χ2n) is 30.0. The fourth-order valence-corrected chi connectivity index (χ4v) is 20.9. The highest BCUT2D eigenvalue weighted by atomic mass is 35.5. The van der Waals surface area contributed by atoms with Crippen LogP contribution in [0, 0.1) is 100 Å². The molecule has 0 aromatic heterocycles. The van der Waals surface area contributed by atoms with E-state index in [2.05, 4.69) is 122 Å². The zero-order valence-electron chi connectivity index (χ0n) is 48.3. The van der Waals surface area contributed by atoms with E-state index < -0.39 is 10.8 Å². The van der Waals surface area contributed by atoms with Crippen LogP contribution in [0.25, 0.3) is 0 Å². The van der Waals surface area contributed by atoms with Crippen LogP contribution in [0.4, 0.5) is 0 Å². The molecule has 410 valence electrons. The Morgan fingerprint density at radius 1 is 0.534 bits per heavy atom. The number of hydrogen-bond donors (Lipinski definition) is 2. The molecular formula is C63H98ClNO8. The molecule has 0 heterocycles. The Bertz CT molecular complexity index is 2220. The maximum Gasteiger partial charge on any atom is 0.311 e. The number of rotatable bonds is 2. The molecule has 0 aromatic carbocycles. The van der Waals surface area contributed by atoms with Crippen LogP contribution >= 0.6 is 12.4 Å². The number of carbonyl (C=O) groups is 5. The smallest absolute Gasteiger partial charge is 0.311 e. The van der Waals surface area contributed by atoms with Crippen LogP contribution in [0.5, 0.6) is 0 Å². The Labute approximate surface area is 447 Å². The predicted octanol–water partition coefficient (Wildman–Crippen LogP) is 14.2. The maximum atomic E-state index is 14.3. The number of halogens is 1. The number of methoxy groups -OCH3 is 2. The fraction of sp³-hybridized carbons (Fsp3) is 0.825. The van der Waals surface area contributed by atoms with E-state index >= 15 is 0 Å². The summed E-state index contributed by atoms with van der Waals surface area (Å²) in [4.78, 5) is 67.2. The standard InChI is InChI=1S/C32H48O3.C31H46O4.ClH.H3NO/c1-20-10-12-30(6)24(27(20,2)3)11-13-32(8)25(30)23(33)18-21-22-19-29(5,26(34)35-9)15-14-28(22,4)16-17-31(21,32)7;1-26(2)22-9-12-31(7)24(29(22,5)11-10-23(26)33)21(32)17-19-20-18-28(4,25(34)35-8)14-13-27(20,3)15-16-30(19,31)6;;1-2/h18,22,24-25H,1,10-17,19H2,2-9H3;17,20,22,24H,9-16,18H2,1-8H3;1H;2H,1H2/t22-,24-,25+,28+,29-,30-,31+,32+;20-,22-,24+,27+,28-,29-,30+,31+;;/m00../s1. The van der Waals surface area contributed by atoms with Gasteiger partial charge in [0.1, 0.15) is 5.78 Å². The minimum Gasteiger partial charge on any atom is -0.469 e. The molecule has 3 N–H and O–H groups in total. The Morgan fingerprint density at radius 3 is 1.27 bits per heavy atom. The lowest BCUT2D eigenvalue weighted by Crippen LogP contribution is -2.66. The molecule has 0 saturated heterocycles. The summed E-state index contributed by atoms with van der Waals surface area (Å²) in [5.74, 6) is 5.60. The number of esters is 2. The molecule has 9 nitrogen and oxygen atoms in total. The summed E-state index contributed by atoms with van der Waals surface area (Å²) in [5.41, 5.74) is 2.71. The van der Waals surface area contributed by atoms with Gasteiger partial charge in [-0.2, -0.15) is 0 Å². The van der Waals surface area contributed by atoms with E-state index in [9.17, 15) is 24.0 Å². The van der Waals surface area contributed by atoms with Gasteiger partial charge in [0.15, 0.2) is 11.6 Å². The van der Waals surface area contributed by atoms with Crippen molar-refractivity contribution in [1.29, 1.82) is 0 Å². The molecule has 10 rings (SSSR count). The first-order chi connectivity index (χ1) is 33.2. The van der Waals surface area contributed by atoms with Gasteiger partial charge in [-0.1, -0.05) is 106 Å². The van der Waals surface area contributed by atoms with Crippen LogP contribution in [0.2, 0.25) is 0 Å². The minimum atomic E-state index is -0.490. The van der Waals surface area contributed by atoms with Crippen molar-refractivity contribution in [1.82, 2.24) is 0 Å². The molecule has 0 aromatic rings. The summed E-state index contributed by atoms with van der Waals surface area (Å²) in [6.07, 6.45) is 21.9. The lowest BCUT2D eigenvalue weighted by molar-refractivity contribution is -0.188. The van der Waals surface area contributed by atoms with Gasteiger partial charge in [0.25, 0.3) is 0 Å². The first-order valence-corrected chi connectivity index (χ1v) is 28.3. The molecule has 16 atom stereocenters. The number of fused-ring (bicyclic) bond motifs is 14. The van der Waals surface area contributed by atoms with Gasteiger partial charge in [-0.25, -0.2) is 5.90 Å². The molecule has 0 bridgehead atoms. The van der Waals surface area contributed by atoms with Crippen molar-refractivity contribution in [2.75, 3.05) is 14.2 Å². The van der Waals surface area contributed by atoms with Gasteiger partial charge in [0.05, 0.1) is 25.0 Å². The van der Waals surface area contributed by atoms with Gasteiger partial charge in [0.2, 0.25) is 0 Å². The van der Waals surface area contributed by atoms with E-state index in [1.807, 2.05) is 0 Å². The molecule has 10 aliphatic rings. The van der Waals surface area contributed by atoms with Crippen LogP contribution in [-0.4, -0.2) is 48.7 Å². The summed E-state index contributed by atoms with van der Waals surface area (Å²) in [7, 11) is 3.01. The molecule has 0 radical (unpaired) electrons. The number of ketones is 3. The average Bonchev–Trinajstić information content (AvgIpc) is 3.32. The number of ether oxygens (including phenoxy) is 2. The number of allylic oxidation sites excluding steroid dienone is 5. The van der Waals surface area contributed by atoms with Crippen molar-refractivity contribution in [2.24, 2.45) is 106 Å². The monoisotopic (exact) mass is 1030 g/mol. The highest BCUT2D eigenvalue weighted by Gasteiger charge is 2.72. The van der Waals surface area contributed by atoms with E-state index in [1.165, 1.54) is 43.8 Å². The average molecular weight is 1030 g/mol. The van der Waals surface area contributed by atoms with E-state index in [4.69, 9.17) is 14.7 Å². The Hall–Kier alpha value is -2.62. The molecule has 0 spiro atoms. The third kappa shape index (κ3) is 7.77. The number of nitrogens with two attached hydrogens (primary N) is 1. The first-order valence-electron chi connectivity index (χ1n) is 28.3. The van der Waals surface area contributed by atoms with Crippen LogP contribution in [0.15, 0.2) is 35.5 Å². The van der Waals surface area contributed by atoms with Crippen molar-refractivity contribution in [2.45, 2.75) is 213 Å². The summed E-state index contributed by atoms with van der Waals surface area (Å²) in [5, 5.41) is 6.50. The van der Waals surface area contributed by atoms with Crippen molar-refractivity contribution in [3.8, 4) is 0 Å². The molecule has 0 amide bonds. The Kier molecular flexibility index (Phi) is 14.5. The van der Waals surface area contributed by atoms with Crippen LogP contribution in [0.1, 0.15) is 213 Å². The highest BCUT2D eigenvalue weighted by molar-refractivity contribution is 5.97. The molecule has 8 fully saturated rings. The topological polar surface area (TPSA) is 150 Å². The molecule has 73 heavy (non-hydrogen) atoms. The van der Waals surface area contributed by atoms with Crippen LogP contribution in [0.3, 0.4) is 0 Å². The lowest BCUT2D eigenvalue weighted by atomic mass is 9.33. The molecule has 0 unspecified atom stereocenters. The van der Waals surface area contributed by atoms with Crippen molar-refractivity contribution < 1.29 is 38.7 Å². The number of carbonyl (C=O) groups excluding carboxylic acids is 5. The third-order valence-electron chi connectivity index (χ3n) is 26.3. The summed E-state index contributed by atoms with van der Waals surface area (Å²) in [6, 6.07) is 0. The molecule has 8 saturated carbocycles. The zero-order valence-corrected chi connectivity index (χ0v) is 49.2. The highest BCUT2D eigenvalue weighted by Crippen LogP contribution is 2.77. The van der Waals surface area contributed by atoms with Gasteiger partial charge in [-0.15, -0.1) is 12.4 Å². The molecular weight excluding hydrogens is 934 g/mol. The Morgan fingerprint density at radius 2 is 0.890 bits per heavy atom. The van der Waals surface area contributed by atoms with Crippen molar-refractivity contribution >= 4 is 41.7 Å². The van der Waals surface area contributed by atoms with Crippen molar-refractivity contribution in [3.63, 3.8) is 0 Å². The van der Waals surface area contributed by atoms with Gasteiger partial charge >= 0.3 is 11.9 Å². The fourth-order valence-electron chi connectivity index (χ4n) is 20.9. The van der Waals surface area contributed by atoms with Gasteiger partial charge < -0.3 is 14.7 Å². The lowest BCUT2D eigenvalue weighted by Gasteiger charge is -2.70. The normalized spacial score (nSPS) is 48.7. The van der Waals surface area contributed by atoms with Crippen LogP contribution in [-0.2, 0) is 33.4 Å².